The van der Waals surface area contributed by atoms with Crippen LogP contribution in [0.1, 0.15) is 85.0 Å². The first-order chi connectivity index (χ1) is 10.2. The van der Waals surface area contributed by atoms with Crippen LogP contribution in [-0.4, -0.2) is 21.8 Å². The van der Waals surface area contributed by atoms with Gasteiger partial charge in [-0.05, 0) is 44.4 Å². The molecule has 2 aliphatic carbocycles. The van der Waals surface area contributed by atoms with Gasteiger partial charge in [0.15, 0.2) is 0 Å². The second-order valence-electron chi connectivity index (χ2n) is 7.37. The minimum absolute atomic E-state index is 0.752. The molecule has 0 heterocycles. The molecule has 21 heavy (non-hydrogen) atoms. The monoisotopic (exact) mass is 312 g/mol. The summed E-state index contributed by atoms with van der Waals surface area (Å²) in [5.74, 6) is 0.868. The van der Waals surface area contributed by atoms with Crippen molar-refractivity contribution in [2.75, 3.05) is 13.2 Å². The molecule has 0 bridgehead atoms. The van der Waals surface area contributed by atoms with E-state index in [4.69, 9.17) is 8.85 Å². The lowest BCUT2D eigenvalue weighted by Crippen LogP contribution is -2.52. The summed E-state index contributed by atoms with van der Waals surface area (Å²) in [5, 5.41) is 0. The zero-order valence-corrected chi connectivity index (χ0v) is 15.5. The third-order valence-electron chi connectivity index (χ3n) is 5.49. The molecule has 0 N–H and O–H groups in total. The minimum Gasteiger partial charge on any atom is -0.394 e. The lowest BCUT2D eigenvalue weighted by atomic mass is 9.90. The molecule has 0 spiro atoms. The van der Waals surface area contributed by atoms with Gasteiger partial charge in [0.2, 0.25) is 0 Å². The maximum atomic E-state index is 6.67. The highest BCUT2D eigenvalue weighted by molar-refractivity contribution is 6.70. The largest absolute Gasteiger partial charge is 0.394 e. The molecule has 2 aliphatic rings. The average molecular weight is 313 g/mol. The molecule has 2 atom stereocenters. The first-order valence-electron chi connectivity index (χ1n) is 9.50. The fraction of sp³-hybridized carbons (Fsp3) is 1.00. The van der Waals surface area contributed by atoms with Gasteiger partial charge in [-0.2, -0.15) is 0 Å². The van der Waals surface area contributed by atoms with Gasteiger partial charge in [0.25, 0.3) is 0 Å². The predicted molar refractivity (Wildman–Crippen MR) is 91.8 cm³/mol. The van der Waals surface area contributed by atoms with Crippen molar-refractivity contribution in [3.63, 3.8) is 0 Å². The van der Waals surface area contributed by atoms with Crippen LogP contribution in [0.3, 0.4) is 0 Å². The average Bonchev–Trinajstić information content (AvgIpc) is 3.03. The summed E-state index contributed by atoms with van der Waals surface area (Å²) in [7, 11) is -2.05. The van der Waals surface area contributed by atoms with Crippen LogP contribution in [0.2, 0.25) is 11.1 Å². The summed E-state index contributed by atoms with van der Waals surface area (Å²) < 4.78 is 13.3. The van der Waals surface area contributed by atoms with E-state index in [0.29, 0.717) is 0 Å². The third kappa shape index (κ3) is 4.32. The van der Waals surface area contributed by atoms with Crippen LogP contribution in [0.25, 0.3) is 0 Å². The summed E-state index contributed by atoms with van der Waals surface area (Å²) in [6, 6.07) is 0. The zero-order valence-electron chi connectivity index (χ0n) is 14.5. The molecule has 2 rings (SSSR count). The second kappa shape index (κ2) is 8.69. The van der Waals surface area contributed by atoms with E-state index in [2.05, 4.69) is 20.8 Å². The van der Waals surface area contributed by atoms with Crippen molar-refractivity contribution in [3.05, 3.63) is 0 Å². The maximum Gasteiger partial charge on any atom is 0.344 e. The Labute approximate surface area is 133 Å². The van der Waals surface area contributed by atoms with Gasteiger partial charge in [-0.1, -0.05) is 46.5 Å². The molecule has 0 radical (unpaired) electrons. The Hall–Kier alpha value is 0.137. The molecule has 0 aliphatic heterocycles. The fourth-order valence-corrected chi connectivity index (χ4v) is 9.79. The molecular formula is C18H36O2Si. The van der Waals surface area contributed by atoms with Crippen LogP contribution in [-0.2, 0) is 8.85 Å². The van der Waals surface area contributed by atoms with Crippen molar-refractivity contribution in [2.24, 2.45) is 5.92 Å². The molecule has 0 aromatic carbocycles. The highest BCUT2D eigenvalue weighted by atomic mass is 28.4. The molecule has 3 heteroatoms. The van der Waals surface area contributed by atoms with Gasteiger partial charge >= 0.3 is 8.56 Å². The van der Waals surface area contributed by atoms with Gasteiger partial charge in [0.05, 0.1) is 0 Å². The summed E-state index contributed by atoms with van der Waals surface area (Å²) in [6.07, 6.45) is 13.3. The summed E-state index contributed by atoms with van der Waals surface area (Å²) in [4.78, 5) is 0. The first-order valence-corrected chi connectivity index (χ1v) is 11.5. The normalized spacial score (nSPS) is 28.1. The topological polar surface area (TPSA) is 18.5 Å². The number of rotatable bonds is 8. The van der Waals surface area contributed by atoms with E-state index in [1.54, 1.807) is 0 Å². The van der Waals surface area contributed by atoms with Crippen molar-refractivity contribution >= 4 is 8.56 Å². The van der Waals surface area contributed by atoms with Crippen LogP contribution >= 0.6 is 0 Å². The van der Waals surface area contributed by atoms with E-state index in [-0.39, 0.29) is 0 Å². The maximum absolute atomic E-state index is 6.67. The molecule has 0 saturated heterocycles. The molecule has 2 nitrogen and oxygen atoms in total. The van der Waals surface area contributed by atoms with Crippen LogP contribution < -0.4 is 0 Å². The molecule has 2 saturated carbocycles. The van der Waals surface area contributed by atoms with E-state index in [9.17, 15) is 0 Å². The van der Waals surface area contributed by atoms with E-state index in [0.717, 1.165) is 43.1 Å². The Morgan fingerprint density at radius 2 is 1.38 bits per heavy atom. The van der Waals surface area contributed by atoms with Crippen molar-refractivity contribution < 1.29 is 8.85 Å². The lowest BCUT2D eigenvalue weighted by molar-refractivity contribution is 0.136. The van der Waals surface area contributed by atoms with E-state index in [1.165, 1.54) is 51.4 Å². The standard InChI is InChI=1S/C18H36O2Si/c1-4-13-19-21(20-14-5-2,17-10-6-7-11-17)18-12-8-9-16(3)15-18/h16-18H,4-15H2,1-3H3. The van der Waals surface area contributed by atoms with Crippen LogP contribution in [0.5, 0.6) is 0 Å². The van der Waals surface area contributed by atoms with Crippen molar-refractivity contribution in [1.29, 1.82) is 0 Å². The summed E-state index contributed by atoms with van der Waals surface area (Å²) in [5.41, 5.74) is 1.52. The Balaban J connectivity index is 2.18. The van der Waals surface area contributed by atoms with Crippen molar-refractivity contribution in [3.8, 4) is 0 Å². The molecule has 0 aromatic rings. The molecule has 124 valence electrons. The summed E-state index contributed by atoms with van der Waals surface area (Å²) >= 11 is 0. The van der Waals surface area contributed by atoms with Crippen molar-refractivity contribution in [1.82, 2.24) is 0 Å². The van der Waals surface area contributed by atoms with Gasteiger partial charge in [-0.15, -0.1) is 0 Å². The highest BCUT2D eigenvalue weighted by Gasteiger charge is 2.53. The summed E-state index contributed by atoms with van der Waals surface area (Å²) in [6.45, 7) is 8.72. The third-order valence-corrected chi connectivity index (χ3v) is 10.2. The Morgan fingerprint density at radius 3 is 1.90 bits per heavy atom. The second-order valence-corrected chi connectivity index (χ2v) is 11.0. The Morgan fingerprint density at radius 1 is 0.810 bits per heavy atom. The highest BCUT2D eigenvalue weighted by Crippen LogP contribution is 2.51. The molecule has 2 fully saturated rings. The fourth-order valence-electron chi connectivity index (χ4n) is 4.50. The first kappa shape index (κ1) is 17.5. The van der Waals surface area contributed by atoms with Gasteiger partial charge < -0.3 is 8.85 Å². The lowest BCUT2D eigenvalue weighted by Gasteiger charge is -2.44. The predicted octanol–water partition coefficient (Wildman–Crippen LogP) is 5.81. The SMILES string of the molecule is CCCO[Si](OCCC)(C1CCCC1)C1CCCC(C)C1. The Kier molecular flexibility index (Phi) is 7.23. The molecular weight excluding hydrogens is 276 g/mol. The molecule has 0 aromatic heterocycles. The molecule has 2 unspecified atom stereocenters. The number of hydrogen-bond acceptors (Lipinski definition) is 2. The van der Waals surface area contributed by atoms with Crippen LogP contribution in [0.4, 0.5) is 0 Å². The smallest absolute Gasteiger partial charge is 0.344 e. The quantitative estimate of drug-likeness (QED) is 0.527. The zero-order chi connectivity index (χ0) is 15.1. The van der Waals surface area contributed by atoms with Crippen molar-refractivity contribution in [2.45, 2.75) is 96.1 Å². The molecule has 0 amide bonds. The van der Waals surface area contributed by atoms with E-state index >= 15 is 0 Å². The van der Waals surface area contributed by atoms with Gasteiger partial charge in [0, 0.05) is 24.3 Å². The van der Waals surface area contributed by atoms with E-state index in [1.807, 2.05) is 0 Å². The van der Waals surface area contributed by atoms with E-state index < -0.39 is 8.56 Å². The number of hydrogen-bond donors (Lipinski definition) is 0. The van der Waals surface area contributed by atoms with Crippen LogP contribution in [0.15, 0.2) is 0 Å². The minimum atomic E-state index is -2.05. The van der Waals surface area contributed by atoms with Gasteiger partial charge in [-0.25, -0.2) is 0 Å². The van der Waals surface area contributed by atoms with Gasteiger partial charge in [0.1, 0.15) is 0 Å². The van der Waals surface area contributed by atoms with Gasteiger partial charge in [-0.3, -0.25) is 0 Å². The Bertz CT molecular complexity index is 281. The van der Waals surface area contributed by atoms with Crippen LogP contribution in [0, 0.1) is 5.92 Å².